The van der Waals surface area contributed by atoms with E-state index in [-0.39, 0.29) is 6.04 Å². The molecule has 1 aliphatic carbocycles. The maximum atomic E-state index is 4.71. The summed E-state index contributed by atoms with van der Waals surface area (Å²) in [6.45, 7) is 4.15. The lowest BCUT2D eigenvalue weighted by Crippen LogP contribution is -2.14. The summed E-state index contributed by atoms with van der Waals surface area (Å²) >= 11 is 1.68. The Bertz CT molecular complexity index is 796. The van der Waals surface area contributed by atoms with Crippen molar-refractivity contribution in [3.05, 3.63) is 35.3 Å². The molecule has 4 rings (SSSR count). The van der Waals surface area contributed by atoms with Crippen LogP contribution in [0.3, 0.4) is 0 Å². The second-order valence-electron chi connectivity index (χ2n) is 6.10. The number of rotatable bonds is 4. The van der Waals surface area contributed by atoms with Crippen LogP contribution < -0.4 is 5.32 Å². The molecule has 114 valence electrons. The van der Waals surface area contributed by atoms with Crippen LogP contribution in [0, 0.1) is 19.8 Å². The van der Waals surface area contributed by atoms with Crippen molar-refractivity contribution in [2.24, 2.45) is 13.0 Å². The summed E-state index contributed by atoms with van der Waals surface area (Å²) in [5.74, 6) is 0.667. The zero-order chi connectivity index (χ0) is 15.3. The third-order valence-corrected chi connectivity index (χ3v) is 5.26. The van der Waals surface area contributed by atoms with E-state index in [0.29, 0.717) is 5.92 Å². The molecule has 1 fully saturated rings. The van der Waals surface area contributed by atoms with Crippen molar-refractivity contribution in [1.29, 1.82) is 0 Å². The standard InChI is InChI=1S/C16H19N5S/c1-9-6-7-17-12(8-9)13(11-4-5-11)18-16-19-15-14(22-16)10(2)20-21(15)3/h6-8,11,13H,4-5H2,1-3H3,(H,18,19). The molecule has 3 aromatic heterocycles. The largest absolute Gasteiger partial charge is 0.353 e. The van der Waals surface area contributed by atoms with E-state index in [2.05, 4.69) is 28.4 Å². The molecule has 0 aliphatic heterocycles. The molecule has 0 saturated heterocycles. The van der Waals surface area contributed by atoms with Crippen LogP contribution in [0.5, 0.6) is 0 Å². The Balaban J connectivity index is 1.67. The first-order chi connectivity index (χ1) is 10.6. The van der Waals surface area contributed by atoms with Gasteiger partial charge in [0.15, 0.2) is 10.8 Å². The van der Waals surface area contributed by atoms with E-state index in [1.54, 1.807) is 11.3 Å². The van der Waals surface area contributed by atoms with Gasteiger partial charge >= 0.3 is 0 Å². The lowest BCUT2D eigenvalue weighted by molar-refractivity contribution is 0.657. The summed E-state index contributed by atoms with van der Waals surface area (Å²) in [6, 6.07) is 4.48. The van der Waals surface area contributed by atoms with Crippen LogP contribution in [0.2, 0.25) is 0 Å². The number of hydrogen-bond donors (Lipinski definition) is 1. The molecule has 1 aliphatic rings. The third-order valence-electron chi connectivity index (χ3n) is 4.17. The highest BCUT2D eigenvalue weighted by molar-refractivity contribution is 7.22. The fourth-order valence-electron chi connectivity index (χ4n) is 2.87. The minimum absolute atomic E-state index is 0.258. The molecule has 3 heterocycles. The van der Waals surface area contributed by atoms with Crippen molar-refractivity contribution in [2.45, 2.75) is 32.7 Å². The number of hydrogen-bond acceptors (Lipinski definition) is 5. The average Bonchev–Trinajstić information content (AvgIpc) is 3.17. The quantitative estimate of drug-likeness (QED) is 0.799. The first-order valence-electron chi connectivity index (χ1n) is 7.61. The zero-order valence-corrected chi connectivity index (χ0v) is 13.8. The number of nitrogens with zero attached hydrogens (tertiary/aromatic N) is 4. The summed E-state index contributed by atoms with van der Waals surface area (Å²) in [6.07, 6.45) is 4.42. The number of anilines is 1. The van der Waals surface area contributed by atoms with Crippen LogP contribution >= 0.6 is 11.3 Å². The molecule has 6 heteroatoms. The normalized spacial score (nSPS) is 16.1. The monoisotopic (exact) mass is 313 g/mol. The predicted octanol–water partition coefficient (Wildman–Crippen LogP) is 3.60. The summed E-state index contributed by atoms with van der Waals surface area (Å²) < 4.78 is 3.01. The number of pyridine rings is 1. The van der Waals surface area contributed by atoms with Crippen molar-refractivity contribution in [2.75, 3.05) is 5.32 Å². The first-order valence-corrected chi connectivity index (χ1v) is 8.42. The van der Waals surface area contributed by atoms with Gasteiger partial charge < -0.3 is 5.32 Å². The van der Waals surface area contributed by atoms with Crippen molar-refractivity contribution >= 4 is 26.8 Å². The highest BCUT2D eigenvalue weighted by Gasteiger charge is 2.34. The molecular weight excluding hydrogens is 294 g/mol. The van der Waals surface area contributed by atoms with Crippen molar-refractivity contribution < 1.29 is 0 Å². The summed E-state index contributed by atoms with van der Waals surface area (Å²) in [5.41, 5.74) is 4.37. The lowest BCUT2D eigenvalue weighted by atomic mass is 10.1. The Morgan fingerprint density at radius 2 is 2.18 bits per heavy atom. The maximum absolute atomic E-state index is 4.71. The molecule has 1 saturated carbocycles. The van der Waals surface area contributed by atoms with Crippen LogP contribution in [0.15, 0.2) is 18.3 Å². The minimum atomic E-state index is 0.258. The fraction of sp³-hybridized carbons (Fsp3) is 0.438. The van der Waals surface area contributed by atoms with Gasteiger partial charge in [-0.3, -0.25) is 4.98 Å². The van der Waals surface area contributed by atoms with Gasteiger partial charge in [-0.25, -0.2) is 9.67 Å². The van der Waals surface area contributed by atoms with Crippen molar-refractivity contribution in [1.82, 2.24) is 19.7 Å². The first kappa shape index (κ1) is 13.7. The third kappa shape index (κ3) is 2.37. The van der Waals surface area contributed by atoms with E-state index in [0.717, 1.165) is 26.9 Å². The van der Waals surface area contributed by atoms with E-state index in [1.807, 2.05) is 30.9 Å². The van der Waals surface area contributed by atoms with Gasteiger partial charge in [-0.1, -0.05) is 11.3 Å². The van der Waals surface area contributed by atoms with Gasteiger partial charge in [0.2, 0.25) is 0 Å². The number of thiazole rings is 1. The van der Waals surface area contributed by atoms with Crippen molar-refractivity contribution in [3.8, 4) is 0 Å². The topological polar surface area (TPSA) is 55.6 Å². The van der Waals surface area contributed by atoms with E-state index in [4.69, 9.17) is 4.98 Å². The highest BCUT2D eigenvalue weighted by atomic mass is 32.1. The number of nitrogens with one attached hydrogen (secondary N) is 1. The Morgan fingerprint density at radius 3 is 2.86 bits per heavy atom. The predicted molar refractivity (Wildman–Crippen MR) is 89.2 cm³/mol. The zero-order valence-electron chi connectivity index (χ0n) is 13.0. The van der Waals surface area contributed by atoms with Gasteiger partial charge in [-0.2, -0.15) is 5.10 Å². The van der Waals surface area contributed by atoms with E-state index in [1.165, 1.54) is 18.4 Å². The molecule has 0 aromatic carbocycles. The molecule has 1 unspecified atom stereocenters. The van der Waals surface area contributed by atoms with Gasteiger partial charge in [0.1, 0.15) is 0 Å². The van der Waals surface area contributed by atoms with Gasteiger partial charge in [-0.15, -0.1) is 0 Å². The molecule has 0 spiro atoms. The second kappa shape index (κ2) is 5.05. The molecular formula is C16H19N5S. The maximum Gasteiger partial charge on any atom is 0.185 e. The van der Waals surface area contributed by atoms with Crippen LogP contribution in [0.25, 0.3) is 10.3 Å². The molecule has 0 radical (unpaired) electrons. The molecule has 0 amide bonds. The summed E-state index contributed by atoms with van der Waals surface area (Å²) in [7, 11) is 1.94. The van der Waals surface area contributed by atoms with E-state index in [9.17, 15) is 0 Å². The van der Waals surface area contributed by atoms with Crippen LogP contribution in [-0.2, 0) is 7.05 Å². The van der Waals surface area contributed by atoms with Gasteiger partial charge in [0.25, 0.3) is 0 Å². The number of fused-ring (bicyclic) bond motifs is 1. The van der Waals surface area contributed by atoms with Gasteiger partial charge in [0, 0.05) is 13.2 Å². The molecule has 3 aromatic rings. The van der Waals surface area contributed by atoms with Crippen LogP contribution in [-0.4, -0.2) is 19.7 Å². The van der Waals surface area contributed by atoms with Crippen LogP contribution in [0.4, 0.5) is 5.13 Å². The Labute approximate surface area is 133 Å². The van der Waals surface area contributed by atoms with E-state index >= 15 is 0 Å². The lowest BCUT2D eigenvalue weighted by Gasteiger charge is -2.17. The molecule has 1 atom stereocenters. The van der Waals surface area contributed by atoms with Crippen LogP contribution in [0.1, 0.15) is 35.8 Å². The minimum Gasteiger partial charge on any atom is -0.353 e. The smallest absolute Gasteiger partial charge is 0.185 e. The van der Waals surface area contributed by atoms with Gasteiger partial charge in [0.05, 0.1) is 22.1 Å². The summed E-state index contributed by atoms with van der Waals surface area (Å²) in [5, 5.41) is 8.99. The Morgan fingerprint density at radius 1 is 1.36 bits per heavy atom. The molecule has 22 heavy (non-hydrogen) atoms. The average molecular weight is 313 g/mol. The summed E-state index contributed by atoms with van der Waals surface area (Å²) in [4.78, 5) is 9.28. The van der Waals surface area contributed by atoms with Gasteiger partial charge in [-0.05, 0) is 50.3 Å². The van der Waals surface area contributed by atoms with E-state index < -0.39 is 0 Å². The molecule has 1 N–H and O–H groups in total. The SMILES string of the molecule is Cc1ccnc(C(Nc2nc3c(s2)c(C)nn3C)C2CC2)c1. The number of aromatic nitrogens is 4. The Hall–Kier alpha value is -1.95. The number of aryl methyl sites for hydroxylation is 3. The van der Waals surface area contributed by atoms with Crippen molar-refractivity contribution in [3.63, 3.8) is 0 Å². The molecule has 5 nitrogen and oxygen atoms in total. The highest BCUT2D eigenvalue weighted by Crippen LogP contribution is 2.43. The fourth-order valence-corrected chi connectivity index (χ4v) is 3.84. The molecule has 0 bridgehead atoms. The Kier molecular flexibility index (Phi) is 3.14. The second-order valence-corrected chi connectivity index (χ2v) is 7.10.